The summed E-state index contributed by atoms with van der Waals surface area (Å²) in [6, 6.07) is 15.6. The number of aromatic hydroxyl groups is 1. The summed E-state index contributed by atoms with van der Waals surface area (Å²) in [6.07, 6.45) is 3.18. The molecule has 174 valence electrons. The first-order valence-corrected chi connectivity index (χ1v) is 11.3. The molecular weight excluding hydrogens is 432 g/mol. The number of aliphatic hydroxyl groups is 1. The number of carbonyl (C=O) groups excluding carboxylic acids is 1. The van der Waals surface area contributed by atoms with Gasteiger partial charge in [-0.05, 0) is 29.7 Å². The minimum absolute atomic E-state index is 0.0399. The number of fused-ring (bicyclic) bond motifs is 2. The van der Waals surface area contributed by atoms with E-state index in [4.69, 9.17) is 0 Å². The van der Waals surface area contributed by atoms with E-state index in [1.807, 2.05) is 48.5 Å². The van der Waals surface area contributed by atoms with Crippen molar-refractivity contribution < 1.29 is 15.0 Å². The lowest BCUT2D eigenvalue weighted by Crippen LogP contribution is -2.45. The molecule has 1 amide bonds. The number of nitrogens with zero attached hydrogens (tertiary/aromatic N) is 4. The molecule has 2 N–H and O–H groups in total. The number of amides is 1. The molecule has 1 aliphatic rings. The summed E-state index contributed by atoms with van der Waals surface area (Å²) >= 11 is 0. The maximum atomic E-state index is 12.9. The highest BCUT2D eigenvalue weighted by atomic mass is 16.3. The average Bonchev–Trinajstić information content (AvgIpc) is 3.22. The molecule has 2 atom stereocenters. The number of aliphatic hydroxyl groups excluding tert-OH is 1. The van der Waals surface area contributed by atoms with Gasteiger partial charge in [-0.25, -0.2) is 0 Å². The van der Waals surface area contributed by atoms with E-state index >= 15 is 0 Å². The van der Waals surface area contributed by atoms with Crippen LogP contribution in [0.4, 0.5) is 0 Å². The van der Waals surface area contributed by atoms with Gasteiger partial charge >= 0.3 is 0 Å². The number of hydrogen-bond donors (Lipinski definition) is 2. The number of aromatic nitrogens is 3. The van der Waals surface area contributed by atoms with Crippen molar-refractivity contribution in [2.75, 3.05) is 13.6 Å². The van der Waals surface area contributed by atoms with E-state index in [-0.39, 0.29) is 24.3 Å². The summed E-state index contributed by atoms with van der Waals surface area (Å²) in [5, 5.41) is 25.5. The van der Waals surface area contributed by atoms with E-state index in [1.54, 1.807) is 7.05 Å². The predicted octanol–water partition coefficient (Wildman–Crippen LogP) is 2.87. The smallest absolute Gasteiger partial charge is 0.275 e. The summed E-state index contributed by atoms with van der Waals surface area (Å²) < 4.78 is 3.66. The molecule has 8 heteroatoms. The van der Waals surface area contributed by atoms with E-state index in [9.17, 15) is 19.8 Å². The Morgan fingerprint density at radius 3 is 2.62 bits per heavy atom. The molecule has 4 aromatic rings. The third-order valence-corrected chi connectivity index (χ3v) is 6.69. The van der Waals surface area contributed by atoms with E-state index in [0.717, 1.165) is 40.3 Å². The monoisotopic (exact) mass is 458 g/mol. The Bertz CT molecular complexity index is 1440. The SMILES string of the molecule is CCn1cc([C@@H](c2ccccc2)[C@H]2CN(C)C(=O)c3c(O)c(=O)cnn32)c2ccc(CO)cc21. The highest BCUT2D eigenvalue weighted by molar-refractivity contribution is 5.95. The highest BCUT2D eigenvalue weighted by Crippen LogP contribution is 2.42. The second kappa shape index (κ2) is 8.46. The molecule has 0 spiro atoms. The molecule has 0 unspecified atom stereocenters. The van der Waals surface area contributed by atoms with Gasteiger partial charge in [-0.3, -0.25) is 14.3 Å². The Labute approximate surface area is 196 Å². The van der Waals surface area contributed by atoms with Gasteiger partial charge in [0.05, 0.1) is 18.8 Å². The van der Waals surface area contributed by atoms with E-state index in [1.165, 1.54) is 9.58 Å². The fourth-order valence-electron chi connectivity index (χ4n) is 5.02. The summed E-state index contributed by atoms with van der Waals surface area (Å²) in [4.78, 5) is 26.5. The number of aryl methyl sites for hydroxylation is 1. The van der Waals surface area contributed by atoms with Crippen LogP contribution in [0.1, 0.15) is 46.1 Å². The first kappa shape index (κ1) is 21.9. The Hall–Kier alpha value is -3.91. The van der Waals surface area contributed by atoms with Crippen molar-refractivity contribution in [3.63, 3.8) is 0 Å². The Morgan fingerprint density at radius 1 is 1.15 bits per heavy atom. The Balaban J connectivity index is 1.79. The lowest BCUT2D eigenvalue weighted by molar-refractivity contribution is 0.0686. The van der Waals surface area contributed by atoms with Gasteiger partial charge in [-0.2, -0.15) is 5.10 Å². The normalized spacial score (nSPS) is 16.6. The summed E-state index contributed by atoms with van der Waals surface area (Å²) in [7, 11) is 1.67. The van der Waals surface area contributed by atoms with E-state index in [0.29, 0.717) is 6.54 Å². The molecule has 0 fully saturated rings. The molecule has 2 aromatic carbocycles. The molecular formula is C26H26N4O4. The molecule has 0 saturated carbocycles. The average molecular weight is 459 g/mol. The Morgan fingerprint density at radius 2 is 1.91 bits per heavy atom. The van der Waals surface area contributed by atoms with E-state index in [2.05, 4.69) is 22.8 Å². The van der Waals surface area contributed by atoms with Gasteiger partial charge in [0.25, 0.3) is 5.91 Å². The lowest BCUT2D eigenvalue weighted by Gasteiger charge is -2.37. The second-order valence-electron chi connectivity index (χ2n) is 8.67. The van der Waals surface area contributed by atoms with Crippen molar-refractivity contribution in [3.8, 4) is 5.75 Å². The molecule has 2 aromatic heterocycles. The van der Waals surface area contributed by atoms with E-state index < -0.39 is 17.1 Å². The van der Waals surface area contributed by atoms with Crippen LogP contribution in [0, 0.1) is 0 Å². The zero-order valence-electron chi connectivity index (χ0n) is 19.0. The molecule has 3 heterocycles. The maximum Gasteiger partial charge on any atom is 0.275 e. The van der Waals surface area contributed by atoms with Crippen molar-refractivity contribution in [1.82, 2.24) is 19.2 Å². The van der Waals surface area contributed by atoms with Crippen molar-refractivity contribution in [3.05, 3.63) is 93.5 Å². The third-order valence-electron chi connectivity index (χ3n) is 6.69. The van der Waals surface area contributed by atoms with Crippen LogP contribution >= 0.6 is 0 Å². The van der Waals surface area contributed by atoms with Crippen LogP contribution in [0.3, 0.4) is 0 Å². The third kappa shape index (κ3) is 3.38. The van der Waals surface area contributed by atoms with Gasteiger partial charge in [-0.15, -0.1) is 0 Å². The second-order valence-corrected chi connectivity index (χ2v) is 8.67. The van der Waals surface area contributed by atoms with Gasteiger partial charge in [0, 0.05) is 43.2 Å². The summed E-state index contributed by atoms with van der Waals surface area (Å²) in [5.74, 6) is -1.23. The predicted molar refractivity (Wildman–Crippen MR) is 128 cm³/mol. The van der Waals surface area contributed by atoms with Crippen LogP contribution < -0.4 is 5.43 Å². The molecule has 8 nitrogen and oxygen atoms in total. The van der Waals surface area contributed by atoms with Crippen molar-refractivity contribution in [2.24, 2.45) is 0 Å². The first-order chi connectivity index (χ1) is 16.4. The van der Waals surface area contributed by atoms with Gasteiger partial charge < -0.3 is 19.7 Å². The van der Waals surface area contributed by atoms with Gasteiger partial charge in [-0.1, -0.05) is 42.5 Å². The molecule has 34 heavy (non-hydrogen) atoms. The standard InChI is InChI=1S/C26H26N4O4/c1-3-29-13-19(18-10-9-16(15-31)11-20(18)29)23(17-7-5-4-6-8-17)21-14-28(2)26(34)24-25(33)22(32)12-27-30(21)24/h4-13,21,23,31,33H,3,14-15H2,1-2H3/t21-,23-/m1/s1. The molecule has 1 aliphatic heterocycles. The fourth-order valence-corrected chi connectivity index (χ4v) is 5.02. The van der Waals surface area contributed by atoms with Crippen LogP contribution in [0.2, 0.25) is 0 Å². The molecule has 0 saturated heterocycles. The molecule has 0 aliphatic carbocycles. The molecule has 0 radical (unpaired) electrons. The van der Waals surface area contributed by atoms with Crippen molar-refractivity contribution in [2.45, 2.75) is 32.0 Å². The maximum absolute atomic E-state index is 12.9. The van der Waals surface area contributed by atoms with Crippen molar-refractivity contribution >= 4 is 16.8 Å². The topological polar surface area (TPSA) is 101 Å². The van der Waals surface area contributed by atoms with Crippen LogP contribution in [0.25, 0.3) is 10.9 Å². The van der Waals surface area contributed by atoms with Gasteiger partial charge in [0.2, 0.25) is 5.43 Å². The van der Waals surface area contributed by atoms with Crippen LogP contribution in [0.15, 0.2) is 65.7 Å². The minimum Gasteiger partial charge on any atom is -0.502 e. The highest BCUT2D eigenvalue weighted by Gasteiger charge is 2.39. The molecule has 5 rings (SSSR count). The minimum atomic E-state index is -0.677. The molecule has 0 bridgehead atoms. The number of likely N-dealkylation sites (N-methyl/N-ethyl adjacent to an activating group) is 1. The van der Waals surface area contributed by atoms with Crippen LogP contribution in [-0.4, -0.2) is 49.0 Å². The zero-order chi connectivity index (χ0) is 24.0. The largest absolute Gasteiger partial charge is 0.502 e. The van der Waals surface area contributed by atoms with Gasteiger partial charge in [0.1, 0.15) is 0 Å². The first-order valence-electron chi connectivity index (χ1n) is 11.3. The Kier molecular flexibility index (Phi) is 5.45. The van der Waals surface area contributed by atoms with Crippen LogP contribution in [0.5, 0.6) is 5.75 Å². The number of benzene rings is 2. The zero-order valence-corrected chi connectivity index (χ0v) is 19.0. The van der Waals surface area contributed by atoms with Crippen LogP contribution in [-0.2, 0) is 13.2 Å². The van der Waals surface area contributed by atoms with Crippen molar-refractivity contribution in [1.29, 1.82) is 0 Å². The summed E-state index contributed by atoms with van der Waals surface area (Å²) in [6.45, 7) is 3.13. The van der Waals surface area contributed by atoms with Gasteiger partial charge in [0.15, 0.2) is 11.4 Å². The number of carbonyl (C=O) groups is 1. The fraction of sp³-hybridized carbons (Fsp3) is 0.269. The number of rotatable bonds is 5. The summed E-state index contributed by atoms with van der Waals surface area (Å²) in [5.41, 5.74) is 3.16. The number of hydrogen-bond acceptors (Lipinski definition) is 5. The lowest BCUT2D eigenvalue weighted by atomic mass is 9.83. The quantitative estimate of drug-likeness (QED) is 0.479.